The molecule has 0 aliphatic heterocycles. The number of rotatable bonds is 7. The first-order valence-corrected chi connectivity index (χ1v) is 7.75. The first-order chi connectivity index (χ1) is 10.3. The quantitative estimate of drug-likeness (QED) is 0.821. The molecule has 2 N–H and O–H groups in total. The van der Waals surface area contributed by atoms with Crippen molar-refractivity contribution < 1.29 is 9.90 Å². The van der Waals surface area contributed by atoms with Crippen LogP contribution in [-0.2, 0) is 11.2 Å². The molecular formula is C17H22N2O2. The lowest BCUT2D eigenvalue weighted by Gasteiger charge is -2.21. The highest BCUT2D eigenvalue weighted by atomic mass is 16.3. The summed E-state index contributed by atoms with van der Waals surface area (Å²) in [5.41, 5.74) is 2.43. The third-order valence-electron chi connectivity index (χ3n) is 4.16. The van der Waals surface area contributed by atoms with Gasteiger partial charge in [0.05, 0.1) is 6.61 Å². The van der Waals surface area contributed by atoms with E-state index in [1.54, 1.807) is 0 Å². The van der Waals surface area contributed by atoms with Crippen LogP contribution in [0.4, 0.5) is 0 Å². The summed E-state index contributed by atoms with van der Waals surface area (Å²) in [6.07, 6.45) is 6.56. The molecular weight excluding hydrogens is 264 g/mol. The molecule has 0 bridgehead atoms. The summed E-state index contributed by atoms with van der Waals surface area (Å²) in [4.78, 5) is 17.3. The van der Waals surface area contributed by atoms with Gasteiger partial charge < -0.3 is 15.0 Å². The summed E-state index contributed by atoms with van der Waals surface area (Å²) in [5.74, 6) is 0.186. The molecule has 0 saturated heterocycles. The highest BCUT2D eigenvalue weighted by Gasteiger charge is 2.31. The van der Waals surface area contributed by atoms with Gasteiger partial charge >= 0.3 is 0 Å². The minimum atomic E-state index is 0.0602. The SMILES string of the molecule is O=C(CCCc1c[nH]c2ccccc12)N(CCO)C1CC1. The number of aliphatic hydroxyl groups excluding tert-OH is 1. The first kappa shape index (κ1) is 14.1. The van der Waals surface area contributed by atoms with Crippen LogP contribution in [0.2, 0.25) is 0 Å². The van der Waals surface area contributed by atoms with Crippen molar-refractivity contribution in [1.29, 1.82) is 0 Å². The molecule has 1 heterocycles. The van der Waals surface area contributed by atoms with E-state index in [1.165, 1.54) is 10.9 Å². The minimum Gasteiger partial charge on any atom is -0.395 e. The lowest BCUT2D eigenvalue weighted by molar-refractivity contribution is -0.132. The van der Waals surface area contributed by atoms with Crippen molar-refractivity contribution in [3.8, 4) is 0 Å². The molecule has 1 fully saturated rings. The number of nitrogens with one attached hydrogen (secondary N) is 1. The van der Waals surface area contributed by atoms with Gasteiger partial charge in [-0.05, 0) is 37.3 Å². The Hall–Kier alpha value is -1.81. The molecule has 2 aromatic rings. The van der Waals surface area contributed by atoms with Gasteiger partial charge in [-0.3, -0.25) is 4.79 Å². The Bertz CT molecular complexity index is 616. The number of benzene rings is 1. The standard InChI is InChI=1S/C17H22N2O2/c20-11-10-19(14-8-9-14)17(21)7-3-4-13-12-18-16-6-2-1-5-15(13)16/h1-2,5-6,12,14,18,20H,3-4,7-11H2. The van der Waals surface area contributed by atoms with E-state index >= 15 is 0 Å². The van der Waals surface area contributed by atoms with Crippen LogP contribution in [0.15, 0.2) is 30.5 Å². The highest BCUT2D eigenvalue weighted by molar-refractivity contribution is 5.83. The van der Waals surface area contributed by atoms with Crippen LogP contribution in [0.5, 0.6) is 0 Å². The number of amides is 1. The van der Waals surface area contributed by atoms with Crippen molar-refractivity contribution >= 4 is 16.8 Å². The van der Waals surface area contributed by atoms with Gasteiger partial charge in [0.15, 0.2) is 0 Å². The number of carbonyl (C=O) groups excluding carboxylic acids is 1. The second-order valence-electron chi connectivity index (χ2n) is 5.75. The molecule has 21 heavy (non-hydrogen) atoms. The van der Waals surface area contributed by atoms with Gasteiger partial charge in [0.1, 0.15) is 0 Å². The second kappa shape index (κ2) is 6.31. The van der Waals surface area contributed by atoms with E-state index < -0.39 is 0 Å². The number of para-hydroxylation sites is 1. The maximum Gasteiger partial charge on any atom is 0.222 e. The number of hydrogen-bond donors (Lipinski definition) is 2. The molecule has 4 nitrogen and oxygen atoms in total. The monoisotopic (exact) mass is 286 g/mol. The Morgan fingerprint density at radius 2 is 2.14 bits per heavy atom. The zero-order valence-electron chi connectivity index (χ0n) is 12.2. The van der Waals surface area contributed by atoms with Crippen LogP contribution in [-0.4, -0.2) is 40.1 Å². The fraction of sp³-hybridized carbons (Fsp3) is 0.471. The molecule has 112 valence electrons. The van der Waals surface area contributed by atoms with Gasteiger partial charge in [-0.15, -0.1) is 0 Å². The first-order valence-electron chi connectivity index (χ1n) is 7.75. The Balaban J connectivity index is 1.54. The Morgan fingerprint density at radius 1 is 1.33 bits per heavy atom. The van der Waals surface area contributed by atoms with Crippen molar-refractivity contribution in [2.75, 3.05) is 13.2 Å². The van der Waals surface area contributed by atoms with E-state index in [1.807, 2.05) is 23.2 Å². The molecule has 1 aromatic carbocycles. The summed E-state index contributed by atoms with van der Waals surface area (Å²) in [6.45, 7) is 0.543. The number of fused-ring (bicyclic) bond motifs is 1. The summed E-state index contributed by atoms with van der Waals surface area (Å²) < 4.78 is 0. The van der Waals surface area contributed by atoms with Gasteiger partial charge in [0.25, 0.3) is 0 Å². The molecule has 0 atom stereocenters. The number of aromatic nitrogens is 1. The third kappa shape index (κ3) is 3.27. The van der Waals surface area contributed by atoms with Gasteiger partial charge in [-0.1, -0.05) is 18.2 Å². The number of aryl methyl sites for hydroxylation is 1. The molecule has 1 aromatic heterocycles. The van der Waals surface area contributed by atoms with E-state index in [9.17, 15) is 4.79 Å². The molecule has 1 saturated carbocycles. The summed E-state index contributed by atoms with van der Waals surface area (Å²) in [6, 6.07) is 8.64. The van der Waals surface area contributed by atoms with Gasteiger partial charge in [0, 0.05) is 36.1 Å². The highest BCUT2D eigenvalue weighted by Crippen LogP contribution is 2.27. The van der Waals surface area contributed by atoms with Crippen LogP contribution in [0, 0.1) is 0 Å². The van der Waals surface area contributed by atoms with Crippen molar-refractivity contribution in [2.24, 2.45) is 0 Å². The maximum absolute atomic E-state index is 12.2. The average molecular weight is 286 g/mol. The maximum atomic E-state index is 12.2. The molecule has 0 radical (unpaired) electrons. The molecule has 1 aliphatic rings. The van der Waals surface area contributed by atoms with E-state index in [0.717, 1.165) is 31.2 Å². The van der Waals surface area contributed by atoms with E-state index in [2.05, 4.69) is 17.1 Å². The lowest BCUT2D eigenvalue weighted by Crippen LogP contribution is -2.35. The van der Waals surface area contributed by atoms with E-state index in [0.29, 0.717) is 19.0 Å². The molecule has 1 amide bonds. The van der Waals surface area contributed by atoms with Crippen LogP contribution in [0.1, 0.15) is 31.2 Å². The van der Waals surface area contributed by atoms with Crippen LogP contribution >= 0.6 is 0 Å². The third-order valence-corrected chi connectivity index (χ3v) is 4.16. The van der Waals surface area contributed by atoms with Gasteiger partial charge in [-0.2, -0.15) is 0 Å². The second-order valence-corrected chi connectivity index (χ2v) is 5.75. The molecule has 0 unspecified atom stereocenters. The zero-order valence-corrected chi connectivity index (χ0v) is 12.2. The number of H-pyrrole nitrogens is 1. The molecule has 0 spiro atoms. The number of nitrogens with zero attached hydrogens (tertiary/aromatic N) is 1. The Morgan fingerprint density at radius 3 is 2.90 bits per heavy atom. The van der Waals surface area contributed by atoms with Crippen LogP contribution in [0.3, 0.4) is 0 Å². The fourth-order valence-electron chi connectivity index (χ4n) is 2.92. The molecule has 1 aliphatic carbocycles. The van der Waals surface area contributed by atoms with Crippen molar-refractivity contribution in [3.05, 3.63) is 36.0 Å². The van der Waals surface area contributed by atoms with Gasteiger partial charge in [-0.25, -0.2) is 0 Å². The van der Waals surface area contributed by atoms with Crippen LogP contribution < -0.4 is 0 Å². The topological polar surface area (TPSA) is 56.3 Å². The minimum absolute atomic E-state index is 0.0602. The number of aliphatic hydroxyl groups is 1. The lowest BCUT2D eigenvalue weighted by atomic mass is 10.1. The fourth-order valence-corrected chi connectivity index (χ4v) is 2.92. The number of aromatic amines is 1. The van der Waals surface area contributed by atoms with Crippen LogP contribution in [0.25, 0.3) is 10.9 Å². The zero-order chi connectivity index (χ0) is 14.7. The normalized spacial score (nSPS) is 14.5. The predicted octanol–water partition coefficient (Wildman–Crippen LogP) is 2.47. The van der Waals surface area contributed by atoms with Gasteiger partial charge in [0.2, 0.25) is 5.91 Å². The molecule has 4 heteroatoms. The average Bonchev–Trinajstić information content (AvgIpc) is 3.26. The summed E-state index contributed by atoms with van der Waals surface area (Å²) in [7, 11) is 0. The Kier molecular flexibility index (Phi) is 4.25. The van der Waals surface area contributed by atoms with Crippen molar-refractivity contribution in [2.45, 2.75) is 38.1 Å². The number of hydrogen-bond acceptors (Lipinski definition) is 2. The van der Waals surface area contributed by atoms with Crippen molar-refractivity contribution in [1.82, 2.24) is 9.88 Å². The van der Waals surface area contributed by atoms with E-state index in [-0.39, 0.29) is 12.5 Å². The predicted molar refractivity (Wildman–Crippen MR) is 83.1 cm³/mol. The summed E-state index contributed by atoms with van der Waals surface area (Å²) in [5, 5.41) is 10.3. The van der Waals surface area contributed by atoms with E-state index in [4.69, 9.17) is 5.11 Å². The Labute approximate surface area is 124 Å². The van der Waals surface area contributed by atoms with Crippen molar-refractivity contribution in [3.63, 3.8) is 0 Å². The number of carbonyl (C=O) groups is 1. The largest absolute Gasteiger partial charge is 0.395 e. The summed E-state index contributed by atoms with van der Waals surface area (Å²) >= 11 is 0. The molecule has 3 rings (SSSR count). The smallest absolute Gasteiger partial charge is 0.222 e.